The van der Waals surface area contributed by atoms with Crippen LogP contribution in [0.25, 0.3) is 0 Å². The van der Waals surface area contributed by atoms with Crippen LogP contribution < -0.4 is 5.32 Å². The zero-order chi connectivity index (χ0) is 17.5. The van der Waals surface area contributed by atoms with Gasteiger partial charge in [0.05, 0.1) is 5.54 Å². The Morgan fingerprint density at radius 1 is 1.33 bits per heavy atom. The van der Waals surface area contributed by atoms with E-state index in [0.717, 1.165) is 31.4 Å². The number of nitrogens with zero attached hydrogens (tertiary/aromatic N) is 2. The van der Waals surface area contributed by atoms with Crippen molar-refractivity contribution in [2.45, 2.75) is 52.1 Å². The van der Waals surface area contributed by atoms with E-state index in [0.29, 0.717) is 13.0 Å². The summed E-state index contributed by atoms with van der Waals surface area (Å²) >= 11 is 0. The molecule has 130 valence electrons. The molecule has 0 bridgehead atoms. The van der Waals surface area contributed by atoms with Gasteiger partial charge in [-0.3, -0.25) is 4.79 Å². The molecule has 0 aromatic carbocycles. The molecule has 1 unspecified atom stereocenters. The van der Waals surface area contributed by atoms with Gasteiger partial charge < -0.3 is 19.6 Å². The summed E-state index contributed by atoms with van der Waals surface area (Å²) < 4.78 is 2.18. The number of fused-ring (bicyclic) bond motifs is 3. The van der Waals surface area contributed by atoms with E-state index in [1.54, 1.807) is 11.1 Å². The van der Waals surface area contributed by atoms with Crippen LogP contribution in [-0.4, -0.2) is 40.8 Å². The van der Waals surface area contributed by atoms with Gasteiger partial charge in [-0.15, -0.1) is 0 Å². The quantitative estimate of drug-likeness (QED) is 0.842. The topological polar surface area (TPSA) is 54.3 Å². The van der Waals surface area contributed by atoms with Crippen LogP contribution in [0.5, 0.6) is 0 Å². The fraction of sp³-hybridized carbons (Fsp3) is 0.579. The predicted octanol–water partition coefficient (Wildman–Crippen LogP) is 2.15. The number of nitrogens with one attached hydrogen (secondary N) is 1. The molecule has 1 atom stereocenters. The van der Waals surface area contributed by atoms with Crippen molar-refractivity contribution in [2.24, 2.45) is 5.41 Å². The summed E-state index contributed by atoms with van der Waals surface area (Å²) in [7, 11) is 1.82. The Morgan fingerprint density at radius 3 is 2.75 bits per heavy atom. The molecule has 1 N–H and O–H groups in total. The molecule has 2 heterocycles. The van der Waals surface area contributed by atoms with Crippen molar-refractivity contribution >= 4 is 12.2 Å². The maximum Gasteiger partial charge on any atom is 0.271 e. The minimum atomic E-state index is -0.802. The minimum Gasteiger partial charge on any atom is -0.394 e. The van der Waals surface area contributed by atoms with Crippen LogP contribution >= 0.6 is 0 Å². The van der Waals surface area contributed by atoms with E-state index < -0.39 is 5.54 Å². The van der Waals surface area contributed by atoms with Crippen LogP contribution in [0.1, 0.15) is 48.9 Å². The molecule has 1 aliphatic carbocycles. The number of hydrogen-bond donors (Lipinski definition) is 1. The molecule has 24 heavy (non-hydrogen) atoms. The van der Waals surface area contributed by atoms with Crippen molar-refractivity contribution in [1.29, 1.82) is 0 Å². The summed E-state index contributed by atoms with van der Waals surface area (Å²) in [5, 5.41) is 2.92. The standard InChI is InChI=1S/C19H27N3O2/c1-18(2)11-14-10-15-17(24)22(9-8-21(15)16(14)12-18)19(3,13-23)6-5-7-20-4/h5,7,10,13,20H,6,8-9,11-12H2,1-4H3/b7-5-. The summed E-state index contributed by atoms with van der Waals surface area (Å²) in [6.45, 7) is 7.73. The van der Waals surface area contributed by atoms with Gasteiger partial charge in [0, 0.05) is 25.8 Å². The highest BCUT2D eigenvalue weighted by atomic mass is 16.2. The summed E-state index contributed by atoms with van der Waals surface area (Å²) in [6, 6.07) is 2.05. The van der Waals surface area contributed by atoms with Gasteiger partial charge in [-0.25, -0.2) is 0 Å². The lowest BCUT2D eigenvalue weighted by Gasteiger charge is -2.40. The maximum absolute atomic E-state index is 13.0. The molecule has 0 saturated heterocycles. The predicted molar refractivity (Wildman–Crippen MR) is 93.9 cm³/mol. The van der Waals surface area contributed by atoms with Gasteiger partial charge in [-0.1, -0.05) is 19.9 Å². The van der Waals surface area contributed by atoms with Gasteiger partial charge in [0.1, 0.15) is 12.0 Å². The highest BCUT2D eigenvalue weighted by molar-refractivity contribution is 5.96. The van der Waals surface area contributed by atoms with Crippen LogP contribution in [-0.2, 0) is 24.2 Å². The number of amides is 1. The van der Waals surface area contributed by atoms with Crippen LogP contribution in [0.4, 0.5) is 0 Å². The van der Waals surface area contributed by atoms with Crippen LogP contribution in [0.3, 0.4) is 0 Å². The summed E-state index contributed by atoms with van der Waals surface area (Å²) in [4.78, 5) is 26.5. The summed E-state index contributed by atoms with van der Waals surface area (Å²) in [5.41, 5.74) is 2.83. The average Bonchev–Trinajstić information content (AvgIpc) is 3.00. The van der Waals surface area contributed by atoms with Crippen molar-refractivity contribution in [3.05, 3.63) is 35.3 Å². The second-order valence-electron chi connectivity index (χ2n) is 8.00. The molecular weight excluding hydrogens is 302 g/mol. The minimum absolute atomic E-state index is 0.0269. The Kier molecular flexibility index (Phi) is 4.06. The van der Waals surface area contributed by atoms with Gasteiger partial charge in [0.25, 0.3) is 5.91 Å². The molecule has 1 aromatic heterocycles. The molecule has 1 aliphatic heterocycles. The van der Waals surface area contributed by atoms with E-state index in [1.807, 2.05) is 26.1 Å². The smallest absolute Gasteiger partial charge is 0.271 e. The van der Waals surface area contributed by atoms with E-state index in [9.17, 15) is 9.59 Å². The van der Waals surface area contributed by atoms with Gasteiger partial charge in [0.15, 0.2) is 0 Å². The van der Waals surface area contributed by atoms with Crippen LogP contribution in [0, 0.1) is 5.41 Å². The average molecular weight is 329 g/mol. The third-order valence-electron chi connectivity index (χ3n) is 5.31. The molecule has 3 rings (SSSR count). The zero-order valence-corrected chi connectivity index (χ0v) is 15.1. The van der Waals surface area contributed by atoms with Crippen molar-refractivity contribution in [3.63, 3.8) is 0 Å². The van der Waals surface area contributed by atoms with Crippen LogP contribution in [0.2, 0.25) is 0 Å². The lowest BCUT2D eigenvalue weighted by atomic mass is 9.90. The van der Waals surface area contributed by atoms with Crippen molar-refractivity contribution in [1.82, 2.24) is 14.8 Å². The highest BCUT2D eigenvalue weighted by Crippen LogP contribution is 2.39. The lowest BCUT2D eigenvalue weighted by molar-refractivity contribution is -0.116. The molecule has 0 spiro atoms. The zero-order valence-electron chi connectivity index (χ0n) is 15.1. The largest absolute Gasteiger partial charge is 0.394 e. The van der Waals surface area contributed by atoms with Crippen molar-refractivity contribution in [3.8, 4) is 0 Å². The number of aldehydes is 1. The van der Waals surface area contributed by atoms with Gasteiger partial charge >= 0.3 is 0 Å². The SMILES string of the molecule is CN/C=C\CC(C)(C=O)N1CCn2c(cc3c2CC(C)(C)C3)C1=O. The first-order valence-electron chi connectivity index (χ1n) is 8.63. The molecule has 5 nitrogen and oxygen atoms in total. The Hall–Kier alpha value is -2.04. The molecule has 0 saturated carbocycles. The van der Waals surface area contributed by atoms with E-state index >= 15 is 0 Å². The number of carbonyl (C=O) groups is 2. The Labute approximate surface area is 143 Å². The second kappa shape index (κ2) is 5.80. The molecule has 5 heteroatoms. The van der Waals surface area contributed by atoms with Crippen molar-refractivity contribution < 1.29 is 9.59 Å². The monoisotopic (exact) mass is 329 g/mol. The Bertz CT molecular complexity index is 702. The van der Waals surface area contributed by atoms with Gasteiger partial charge in [0.2, 0.25) is 0 Å². The molecule has 2 aliphatic rings. The van der Waals surface area contributed by atoms with Gasteiger partial charge in [-0.2, -0.15) is 0 Å². The highest BCUT2D eigenvalue weighted by Gasteiger charge is 2.41. The van der Waals surface area contributed by atoms with E-state index in [4.69, 9.17) is 0 Å². The summed E-state index contributed by atoms with van der Waals surface area (Å²) in [6.07, 6.45) is 7.15. The Morgan fingerprint density at radius 2 is 2.08 bits per heavy atom. The first kappa shape index (κ1) is 16.8. The lowest BCUT2D eigenvalue weighted by Crippen LogP contribution is -2.54. The van der Waals surface area contributed by atoms with Crippen LogP contribution in [0.15, 0.2) is 18.3 Å². The molecular formula is C19H27N3O2. The fourth-order valence-corrected chi connectivity index (χ4v) is 4.04. The third-order valence-corrected chi connectivity index (χ3v) is 5.31. The van der Waals surface area contributed by atoms with Crippen molar-refractivity contribution in [2.75, 3.05) is 13.6 Å². The number of hydrogen-bond acceptors (Lipinski definition) is 3. The maximum atomic E-state index is 13.0. The molecule has 1 amide bonds. The number of rotatable bonds is 5. The third kappa shape index (κ3) is 2.66. The van der Waals surface area contributed by atoms with E-state index in [-0.39, 0.29) is 11.3 Å². The first-order valence-corrected chi connectivity index (χ1v) is 8.63. The molecule has 0 fully saturated rings. The number of carbonyl (C=O) groups excluding carboxylic acids is 2. The normalized spacial score (nSPS) is 21.5. The fourth-order valence-electron chi connectivity index (χ4n) is 4.04. The molecule has 0 radical (unpaired) electrons. The Balaban J connectivity index is 1.88. The number of aromatic nitrogens is 1. The van der Waals surface area contributed by atoms with E-state index in [2.05, 4.69) is 23.7 Å². The summed E-state index contributed by atoms with van der Waals surface area (Å²) in [5.74, 6) is -0.0269. The molecule has 1 aromatic rings. The second-order valence-corrected chi connectivity index (χ2v) is 8.00. The first-order chi connectivity index (χ1) is 11.3. The van der Waals surface area contributed by atoms with E-state index in [1.165, 1.54) is 11.3 Å². The van der Waals surface area contributed by atoms with Gasteiger partial charge in [-0.05, 0) is 49.4 Å².